The summed E-state index contributed by atoms with van der Waals surface area (Å²) < 4.78 is 5.01. The summed E-state index contributed by atoms with van der Waals surface area (Å²) in [5, 5.41) is 10.2. The number of nitrogens with two attached hydrogens (primary N) is 1. The van der Waals surface area contributed by atoms with Gasteiger partial charge in [0, 0.05) is 13.1 Å². The molecule has 0 radical (unpaired) electrons. The number of nitriles is 1. The third kappa shape index (κ3) is 3.13. The highest BCUT2D eigenvalue weighted by Gasteiger charge is 2.29. The van der Waals surface area contributed by atoms with Crippen molar-refractivity contribution in [2.24, 2.45) is 11.8 Å². The molecule has 21 heavy (non-hydrogen) atoms. The van der Waals surface area contributed by atoms with Gasteiger partial charge in [0.05, 0.1) is 12.3 Å². The molecule has 0 bridgehead atoms. The van der Waals surface area contributed by atoms with E-state index < -0.39 is 5.97 Å². The van der Waals surface area contributed by atoms with E-state index in [2.05, 4.69) is 24.8 Å². The number of nitrogen functional groups attached to an aromatic ring is 1. The van der Waals surface area contributed by atoms with Crippen LogP contribution in [0, 0.1) is 23.2 Å². The number of hydrogen-bond acceptors (Lipinski definition) is 6. The molecule has 2 N–H and O–H groups in total. The van der Waals surface area contributed by atoms with E-state index in [1.54, 1.807) is 6.92 Å². The lowest BCUT2D eigenvalue weighted by Gasteiger charge is -2.35. The molecule has 2 atom stereocenters. The largest absolute Gasteiger partial charge is 0.462 e. The van der Waals surface area contributed by atoms with E-state index >= 15 is 0 Å². The maximum atomic E-state index is 11.9. The fourth-order valence-electron chi connectivity index (χ4n) is 2.94. The molecule has 1 aliphatic rings. The second-order valence-corrected chi connectivity index (χ2v) is 6.71. The third-order valence-electron chi connectivity index (χ3n) is 3.66. The highest BCUT2D eigenvalue weighted by Crippen LogP contribution is 2.40. The first kappa shape index (κ1) is 15.6. The fraction of sp³-hybridized carbons (Fsp3) is 0.600. The second kappa shape index (κ2) is 6.35. The Morgan fingerprint density at radius 2 is 2.10 bits per heavy atom. The standard InChI is InChI=1S/C15H21N3O2S/c1-4-20-15(19)13-12(17)11(6-16)14(21-13)18-7-9(2)5-10(3)8-18/h9-10H,4-5,7-8,17H2,1-3H3. The van der Waals surface area contributed by atoms with Crippen molar-refractivity contribution in [3.63, 3.8) is 0 Å². The summed E-state index contributed by atoms with van der Waals surface area (Å²) >= 11 is 1.27. The number of piperidine rings is 1. The van der Waals surface area contributed by atoms with Crippen LogP contribution in [-0.4, -0.2) is 25.7 Å². The molecule has 0 saturated carbocycles. The van der Waals surface area contributed by atoms with Crippen molar-refractivity contribution in [2.75, 3.05) is 30.3 Å². The summed E-state index contributed by atoms with van der Waals surface area (Å²) in [7, 11) is 0. The first-order valence-electron chi connectivity index (χ1n) is 7.22. The minimum atomic E-state index is -0.444. The van der Waals surface area contributed by atoms with Crippen LogP contribution in [0.3, 0.4) is 0 Å². The smallest absolute Gasteiger partial charge is 0.350 e. The van der Waals surface area contributed by atoms with Crippen LogP contribution in [-0.2, 0) is 4.74 Å². The first-order chi connectivity index (χ1) is 9.97. The number of nitrogens with zero attached hydrogens (tertiary/aromatic N) is 2. The van der Waals surface area contributed by atoms with Crippen molar-refractivity contribution in [3.05, 3.63) is 10.4 Å². The van der Waals surface area contributed by atoms with Gasteiger partial charge in [0.25, 0.3) is 0 Å². The summed E-state index contributed by atoms with van der Waals surface area (Å²) in [4.78, 5) is 14.5. The lowest BCUT2D eigenvalue weighted by Crippen LogP contribution is -2.38. The first-order valence-corrected chi connectivity index (χ1v) is 8.03. The number of esters is 1. The Morgan fingerprint density at radius 1 is 1.48 bits per heavy atom. The fourth-order valence-corrected chi connectivity index (χ4v) is 4.02. The Labute approximate surface area is 129 Å². The van der Waals surface area contributed by atoms with Crippen LogP contribution in [0.1, 0.15) is 42.4 Å². The third-order valence-corrected chi connectivity index (χ3v) is 4.90. The molecule has 2 unspecified atom stereocenters. The quantitative estimate of drug-likeness (QED) is 0.869. The van der Waals surface area contributed by atoms with Crippen LogP contribution in [0.25, 0.3) is 0 Å². The van der Waals surface area contributed by atoms with Gasteiger partial charge in [-0.05, 0) is 25.2 Å². The van der Waals surface area contributed by atoms with Crippen molar-refractivity contribution >= 4 is 28.0 Å². The van der Waals surface area contributed by atoms with Crippen LogP contribution in [0.4, 0.5) is 10.7 Å². The monoisotopic (exact) mass is 307 g/mol. The second-order valence-electron chi connectivity index (χ2n) is 5.71. The molecule has 114 valence electrons. The number of carbonyl (C=O) groups excluding carboxylic acids is 1. The zero-order valence-corrected chi connectivity index (χ0v) is 13.5. The zero-order chi connectivity index (χ0) is 15.6. The van der Waals surface area contributed by atoms with Gasteiger partial charge in [0.1, 0.15) is 21.5 Å². The minimum absolute atomic E-state index is 0.252. The van der Waals surface area contributed by atoms with E-state index in [9.17, 15) is 10.1 Å². The molecule has 1 aromatic rings. The average molecular weight is 307 g/mol. The van der Waals surface area contributed by atoms with Crippen LogP contribution in [0.5, 0.6) is 0 Å². The van der Waals surface area contributed by atoms with Crippen molar-refractivity contribution in [1.29, 1.82) is 5.26 Å². The zero-order valence-electron chi connectivity index (χ0n) is 12.7. The van der Waals surface area contributed by atoms with Crippen LogP contribution < -0.4 is 10.6 Å². The van der Waals surface area contributed by atoms with E-state index in [1.165, 1.54) is 17.8 Å². The molecule has 1 saturated heterocycles. The molecule has 1 fully saturated rings. The maximum absolute atomic E-state index is 11.9. The van der Waals surface area contributed by atoms with Crippen molar-refractivity contribution < 1.29 is 9.53 Å². The van der Waals surface area contributed by atoms with Gasteiger partial charge in [0.2, 0.25) is 0 Å². The summed E-state index contributed by atoms with van der Waals surface area (Å²) in [5.41, 5.74) is 6.64. The number of ether oxygens (including phenoxy) is 1. The van der Waals surface area contributed by atoms with Crippen LogP contribution in [0.2, 0.25) is 0 Å². The van der Waals surface area contributed by atoms with Gasteiger partial charge < -0.3 is 15.4 Å². The summed E-state index contributed by atoms with van der Waals surface area (Å²) in [5.74, 6) is 0.685. The summed E-state index contributed by atoms with van der Waals surface area (Å²) in [6.07, 6.45) is 1.18. The Balaban J connectivity index is 2.37. The van der Waals surface area contributed by atoms with Gasteiger partial charge in [-0.2, -0.15) is 5.26 Å². The number of hydrogen-bond donors (Lipinski definition) is 1. The summed E-state index contributed by atoms with van der Waals surface area (Å²) in [6, 6.07) is 2.14. The topological polar surface area (TPSA) is 79.3 Å². The molecule has 1 aliphatic heterocycles. The van der Waals surface area contributed by atoms with E-state index in [1.807, 2.05) is 0 Å². The molecule has 1 aromatic heterocycles. The lowest BCUT2D eigenvalue weighted by molar-refractivity contribution is 0.0533. The Kier molecular flexibility index (Phi) is 4.73. The SMILES string of the molecule is CCOC(=O)c1sc(N2CC(C)CC(C)C2)c(C#N)c1N. The molecule has 2 heterocycles. The van der Waals surface area contributed by atoms with Gasteiger partial charge in [0.15, 0.2) is 0 Å². The van der Waals surface area contributed by atoms with Crippen molar-refractivity contribution in [1.82, 2.24) is 0 Å². The van der Waals surface area contributed by atoms with Gasteiger partial charge in [-0.1, -0.05) is 13.8 Å². The Bertz CT molecular complexity index is 566. The van der Waals surface area contributed by atoms with E-state index in [0.29, 0.717) is 28.9 Å². The van der Waals surface area contributed by atoms with E-state index in [4.69, 9.17) is 10.5 Å². The van der Waals surface area contributed by atoms with Gasteiger partial charge in [-0.25, -0.2) is 4.79 Å². The van der Waals surface area contributed by atoms with Crippen molar-refractivity contribution in [2.45, 2.75) is 27.2 Å². The highest BCUT2D eigenvalue weighted by atomic mass is 32.1. The minimum Gasteiger partial charge on any atom is -0.462 e. The molecule has 0 amide bonds. The highest BCUT2D eigenvalue weighted by molar-refractivity contribution is 7.18. The average Bonchev–Trinajstić information content (AvgIpc) is 2.75. The van der Waals surface area contributed by atoms with Crippen molar-refractivity contribution in [3.8, 4) is 6.07 Å². The maximum Gasteiger partial charge on any atom is 0.350 e. The lowest BCUT2D eigenvalue weighted by atomic mass is 9.92. The van der Waals surface area contributed by atoms with E-state index in [-0.39, 0.29) is 5.69 Å². The Hall–Kier alpha value is -1.74. The van der Waals surface area contributed by atoms with Gasteiger partial charge in [-0.15, -0.1) is 11.3 Å². The predicted octanol–water partition coefficient (Wildman–Crippen LogP) is 2.86. The van der Waals surface area contributed by atoms with Crippen LogP contribution in [0.15, 0.2) is 0 Å². The Morgan fingerprint density at radius 3 is 2.62 bits per heavy atom. The molecule has 5 nitrogen and oxygen atoms in total. The molecule has 2 rings (SSSR count). The van der Waals surface area contributed by atoms with Gasteiger partial charge in [-0.3, -0.25) is 0 Å². The molecule has 0 aliphatic carbocycles. The molecular formula is C15H21N3O2S. The number of carbonyl (C=O) groups is 1. The predicted molar refractivity (Wildman–Crippen MR) is 84.6 cm³/mol. The molecular weight excluding hydrogens is 286 g/mol. The number of thiophene rings is 1. The number of rotatable bonds is 3. The number of anilines is 2. The summed E-state index contributed by atoms with van der Waals surface area (Å²) in [6.45, 7) is 8.24. The molecule has 0 aromatic carbocycles. The van der Waals surface area contributed by atoms with E-state index in [0.717, 1.165) is 18.1 Å². The normalized spacial score (nSPS) is 21.9. The molecule has 0 spiro atoms. The molecule has 6 heteroatoms. The van der Waals surface area contributed by atoms with Gasteiger partial charge >= 0.3 is 5.97 Å². The van der Waals surface area contributed by atoms with Crippen LogP contribution >= 0.6 is 11.3 Å².